The molecule has 2 heterocycles. The molecule has 1 atom stereocenters. The molecule has 6 heteroatoms. The maximum Gasteiger partial charge on any atom is 0.193 e. The van der Waals surface area contributed by atoms with E-state index in [1.807, 2.05) is 0 Å². The van der Waals surface area contributed by atoms with E-state index in [1.54, 1.807) is 6.07 Å². The first-order valence-corrected chi connectivity index (χ1v) is 9.22. The van der Waals surface area contributed by atoms with Crippen LogP contribution in [-0.4, -0.2) is 43.8 Å². The fourth-order valence-electron chi connectivity index (χ4n) is 3.53. The summed E-state index contributed by atoms with van der Waals surface area (Å²) in [6.45, 7) is 8.54. The van der Waals surface area contributed by atoms with Gasteiger partial charge < -0.3 is 19.7 Å². The molecule has 1 fully saturated rings. The fraction of sp³-hybridized carbons (Fsp3) is 0.632. The van der Waals surface area contributed by atoms with Gasteiger partial charge in [-0.2, -0.15) is 0 Å². The molecule has 2 aliphatic heterocycles. The number of likely N-dealkylation sites (tertiary alicyclic amines) is 1. The highest BCUT2D eigenvalue weighted by atomic mass is 19.1. The number of hydrogen-bond acceptors (Lipinski definition) is 3. The lowest BCUT2D eigenvalue weighted by Gasteiger charge is -2.33. The van der Waals surface area contributed by atoms with Gasteiger partial charge in [-0.1, -0.05) is 6.92 Å². The maximum atomic E-state index is 13.8. The highest BCUT2D eigenvalue weighted by molar-refractivity contribution is 5.80. The average molecular weight is 349 g/mol. The van der Waals surface area contributed by atoms with Crippen molar-refractivity contribution in [1.82, 2.24) is 10.2 Å². The third-order valence-electron chi connectivity index (χ3n) is 4.69. The number of guanidine groups is 1. The molecule has 138 valence electrons. The largest absolute Gasteiger partial charge is 0.467 e. The molecule has 5 nitrogen and oxygen atoms in total. The van der Waals surface area contributed by atoms with Gasteiger partial charge in [0.1, 0.15) is 11.6 Å². The van der Waals surface area contributed by atoms with Gasteiger partial charge in [0, 0.05) is 31.7 Å². The first kappa shape index (κ1) is 18.0. The van der Waals surface area contributed by atoms with Crippen LogP contribution in [0.1, 0.15) is 37.8 Å². The van der Waals surface area contributed by atoms with E-state index in [1.165, 1.54) is 18.9 Å². The Bertz CT molecular complexity index is 621. The van der Waals surface area contributed by atoms with Crippen molar-refractivity contribution >= 4 is 5.96 Å². The molecular weight excluding hydrogens is 321 g/mol. The highest BCUT2D eigenvalue weighted by Crippen LogP contribution is 2.29. The van der Waals surface area contributed by atoms with Gasteiger partial charge in [0.2, 0.25) is 0 Å². The summed E-state index contributed by atoms with van der Waals surface area (Å²) in [5.74, 6) is 2.17. The monoisotopic (exact) mass is 349 g/mol. The van der Waals surface area contributed by atoms with Crippen LogP contribution in [0.25, 0.3) is 0 Å². The zero-order chi connectivity index (χ0) is 17.6. The molecule has 1 aromatic carbocycles. The number of fused-ring (bicyclic) bond motifs is 1. The van der Waals surface area contributed by atoms with Crippen LogP contribution in [0, 0.1) is 11.7 Å². The van der Waals surface area contributed by atoms with E-state index in [4.69, 9.17) is 14.5 Å². The summed E-state index contributed by atoms with van der Waals surface area (Å²) in [6, 6.07) is 3.04. The van der Waals surface area contributed by atoms with Gasteiger partial charge in [0.15, 0.2) is 12.8 Å². The first-order chi connectivity index (χ1) is 12.2. The summed E-state index contributed by atoms with van der Waals surface area (Å²) >= 11 is 0. The van der Waals surface area contributed by atoms with Crippen LogP contribution in [0.15, 0.2) is 17.1 Å². The zero-order valence-corrected chi connectivity index (χ0v) is 15.2. The Hall–Kier alpha value is -1.82. The van der Waals surface area contributed by atoms with Crippen molar-refractivity contribution in [3.63, 3.8) is 0 Å². The number of nitrogens with one attached hydrogen (secondary N) is 1. The van der Waals surface area contributed by atoms with Crippen LogP contribution < -0.4 is 10.1 Å². The van der Waals surface area contributed by atoms with Crippen molar-refractivity contribution in [2.75, 3.05) is 33.0 Å². The maximum absolute atomic E-state index is 13.8. The van der Waals surface area contributed by atoms with Crippen LogP contribution in [0.4, 0.5) is 4.39 Å². The second-order valence-corrected chi connectivity index (χ2v) is 6.84. The summed E-state index contributed by atoms with van der Waals surface area (Å²) in [5.41, 5.74) is 1.65. The fourth-order valence-corrected chi connectivity index (χ4v) is 3.53. The van der Waals surface area contributed by atoms with E-state index in [9.17, 15) is 4.39 Å². The third-order valence-corrected chi connectivity index (χ3v) is 4.69. The summed E-state index contributed by atoms with van der Waals surface area (Å²) in [5, 5.41) is 3.38. The number of rotatable bonds is 4. The smallest absolute Gasteiger partial charge is 0.193 e. The lowest BCUT2D eigenvalue weighted by atomic mass is 10.0. The standard InChI is InChI=1S/C19H28FN3O2/c1-3-21-19(23-8-4-5-14(2)11-23)22-7-6-15-9-17(20)10-16-12-24-13-25-18(15)16/h9-10,14H,3-8,11-13H2,1-2H3,(H,21,22). The minimum atomic E-state index is -0.247. The number of hydrogen-bond donors (Lipinski definition) is 1. The van der Waals surface area contributed by atoms with Crippen molar-refractivity contribution in [3.8, 4) is 5.75 Å². The Balaban J connectivity index is 1.69. The van der Waals surface area contributed by atoms with Gasteiger partial charge in [0.05, 0.1) is 6.61 Å². The molecule has 1 unspecified atom stereocenters. The molecule has 0 aliphatic carbocycles. The SMILES string of the molecule is CCNC(=NCCc1cc(F)cc2c1OCOC2)N1CCCC(C)C1. The number of nitrogens with zero attached hydrogens (tertiary/aromatic N) is 2. The normalized spacial score (nSPS) is 20.8. The second kappa shape index (κ2) is 8.52. The molecular formula is C19H28FN3O2. The lowest BCUT2D eigenvalue weighted by Crippen LogP contribution is -2.46. The number of piperidine rings is 1. The van der Waals surface area contributed by atoms with Gasteiger partial charge in [-0.05, 0) is 49.8 Å². The predicted molar refractivity (Wildman–Crippen MR) is 96.3 cm³/mol. The van der Waals surface area contributed by atoms with Crippen LogP contribution in [0.2, 0.25) is 0 Å². The van der Waals surface area contributed by atoms with Crippen molar-refractivity contribution in [2.24, 2.45) is 10.9 Å². The summed E-state index contributed by atoms with van der Waals surface area (Å²) < 4.78 is 24.6. The molecule has 1 N–H and O–H groups in total. The Morgan fingerprint density at radius 3 is 3.12 bits per heavy atom. The number of aliphatic imine (C=N–C) groups is 1. The van der Waals surface area contributed by atoms with Crippen LogP contribution >= 0.6 is 0 Å². The molecule has 1 saturated heterocycles. The topological polar surface area (TPSA) is 46.1 Å². The molecule has 2 aliphatic rings. The van der Waals surface area contributed by atoms with E-state index in [0.717, 1.165) is 42.5 Å². The summed E-state index contributed by atoms with van der Waals surface area (Å²) in [6.07, 6.45) is 3.14. The molecule has 0 amide bonds. The van der Waals surface area contributed by atoms with Crippen molar-refractivity contribution in [2.45, 2.75) is 39.7 Å². The van der Waals surface area contributed by atoms with Crippen molar-refractivity contribution in [3.05, 3.63) is 29.1 Å². The van der Waals surface area contributed by atoms with E-state index in [0.29, 0.717) is 25.5 Å². The Labute approximate surface area is 149 Å². The average Bonchev–Trinajstić information content (AvgIpc) is 2.60. The van der Waals surface area contributed by atoms with E-state index >= 15 is 0 Å². The minimum Gasteiger partial charge on any atom is -0.467 e. The van der Waals surface area contributed by atoms with Gasteiger partial charge in [0.25, 0.3) is 0 Å². The van der Waals surface area contributed by atoms with Gasteiger partial charge in [-0.3, -0.25) is 4.99 Å². The Morgan fingerprint density at radius 1 is 1.44 bits per heavy atom. The molecule has 0 saturated carbocycles. The Kier molecular flexibility index (Phi) is 6.13. The van der Waals surface area contributed by atoms with Gasteiger partial charge >= 0.3 is 0 Å². The molecule has 0 aromatic heterocycles. The summed E-state index contributed by atoms with van der Waals surface area (Å²) in [4.78, 5) is 7.10. The quantitative estimate of drug-likeness (QED) is 0.671. The minimum absolute atomic E-state index is 0.225. The number of benzene rings is 1. The predicted octanol–water partition coefficient (Wildman–Crippen LogP) is 2.93. The Morgan fingerprint density at radius 2 is 2.32 bits per heavy atom. The van der Waals surface area contributed by atoms with Crippen LogP contribution in [0.5, 0.6) is 5.75 Å². The van der Waals surface area contributed by atoms with Gasteiger partial charge in [-0.25, -0.2) is 4.39 Å². The molecule has 3 rings (SSSR count). The van der Waals surface area contributed by atoms with Crippen molar-refractivity contribution in [1.29, 1.82) is 0 Å². The highest BCUT2D eigenvalue weighted by Gasteiger charge is 2.20. The first-order valence-electron chi connectivity index (χ1n) is 9.22. The molecule has 0 bridgehead atoms. The second-order valence-electron chi connectivity index (χ2n) is 6.84. The van der Waals surface area contributed by atoms with Crippen molar-refractivity contribution < 1.29 is 13.9 Å². The molecule has 1 aromatic rings. The zero-order valence-electron chi connectivity index (χ0n) is 15.2. The number of ether oxygens (including phenoxy) is 2. The van der Waals surface area contributed by atoms with E-state index in [-0.39, 0.29) is 12.6 Å². The van der Waals surface area contributed by atoms with E-state index < -0.39 is 0 Å². The van der Waals surface area contributed by atoms with Crippen LogP contribution in [-0.2, 0) is 17.8 Å². The molecule has 0 spiro atoms. The summed E-state index contributed by atoms with van der Waals surface area (Å²) in [7, 11) is 0. The molecule has 0 radical (unpaired) electrons. The van der Waals surface area contributed by atoms with Crippen LogP contribution in [0.3, 0.4) is 0 Å². The number of halogens is 1. The van der Waals surface area contributed by atoms with Gasteiger partial charge in [-0.15, -0.1) is 0 Å². The lowest BCUT2D eigenvalue weighted by molar-refractivity contribution is -0.0172. The molecule has 25 heavy (non-hydrogen) atoms. The third kappa shape index (κ3) is 4.63. The van der Waals surface area contributed by atoms with E-state index in [2.05, 4.69) is 24.1 Å².